The van der Waals surface area contributed by atoms with Crippen LogP contribution in [-0.2, 0) is 27.3 Å². The van der Waals surface area contributed by atoms with Gasteiger partial charge in [0.25, 0.3) is 5.91 Å². The molecular formula is C17H20N4O4. The Morgan fingerprint density at radius 2 is 2.12 bits per heavy atom. The highest BCUT2D eigenvalue weighted by molar-refractivity contribution is 5.86. The number of likely N-dealkylation sites (N-methyl/N-ethyl adjacent to an activating group) is 1. The summed E-state index contributed by atoms with van der Waals surface area (Å²) in [5, 5.41) is 6.69. The highest BCUT2D eigenvalue weighted by atomic mass is 16.5. The van der Waals surface area contributed by atoms with E-state index in [1.54, 1.807) is 7.05 Å². The van der Waals surface area contributed by atoms with Gasteiger partial charge in [0.2, 0.25) is 11.8 Å². The second kappa shape index (κ2) is 7.43. The first-order valence-corrected chi connectivity index (χ1v) is 8.11. The molecule has 2 aromatic rings. The second-order valence-corrected chi connectivity index (χ2v) is 5.84. The molecule has 132 valence electrons. The minimum atomic E-state index is -0.803. The largest absolute Gasteiger partial charge is 0.356 e. The van der Waals surface area contributed by atoms with E-state index in [-0.39, 0.29) is 25.0 Å². The van der Waals surface area contributed by atoms with E-state index in [1.165, 1.54) is 4.90 Å². The zero-order valence-corrected chi connectivity index (χ0v) is 14.1. The summed E-state index contributed by atoms with van der Waals surface area (Å²) in [6.45, 7) is 1.97. The van der Waals surface area contributed by atoms with Crippen molar-refractivity contribution in [1.29, 1.82) is 0 Å². The molecule has 1 N–H and O–H groups in total. The zero-order chi connectivity index (χ0) is 17.8. The predicted molar refractivity (Wildman–Crippen MR) is 87.2 cm³/mol. The van der Waals surface area contributed by atoms with E-state index in [2.05, 4.69) is 15.5 Å². The Morgan fingerprint density at radius 1 is 1.36 bits per heavy atom. The first kappa shape index (κ1) is 17.1. The molecule has 0 aliphatic carbocycles. The zero-order valence-electron chi connectivity index (χ0n) is 14.1. The van der Waals surface area contributed by atoms with Gasteiger partial charge in [-0.25, -0.2) is 0 Å². The van der Waals surface area contributed by atoms with Crippen LogP contribution in [0.25, 0.3) is 0 Å². The van der Waals surface area contributed by atoms with Gasteiger partial charge in [-0.3, -0.25) is 9.59 Å². The standard InChI is InChI=1S/C17H20N4O4/c1-3-14-18-12(20-25-14)9-21(2)17(23)16-15(19-13(22)10-24-16)11-7-5-4-6-8-11/h4-8,15-16H,3,9-10H2,1-2H3,(H,19,22)/t15-,16+/m1/s1. The number of aromatic nitrogens is 2. The van der Waals surface area contributed by atoms with Crippen molar-refractivity contribution in [3.05, 3.63) is 47.6 Å². The normalized spacial score (nSPS) is 20.2. The number of nitrogens with one attached hydrogen (secondary N) is 1. The fourth-order valence-electron chi connectivity index (χ4n) is 2.69. The van der Waals surface area contributed by atoms with Gasteiger partial charge in [-0.05, 0) is 5.56 Å². The molecule has 0 saturated carbocycles. The molecule has 2 atom stereocenters. The summed E-state index contributed by atoms with van der Waals surface area (Å²) in [5.74, 6) is 0.464. The third-order valence-corrected chi connectivity index (χ3v) is 3.98. The number of rotatable bonds is 5. The predicted octanol–water partition coefficient (Wildman–Crippen LogP) is 0.847. The highest BCUT2D eigenvalue weighted by Crippen LogP contribution is 2.24. The van der Waals surface area contributed by atoms with Crippen molar-refractivity contribution in [1.82, 2.24) is 20.4 Å². The van der Waals surface area contributed by atoms with Gasteiger partial charge in [0, 0.05) is 13.5 Å². The Bertz CT molecular complexity index is 746. The van der Waals surface area contributed by atoms with E-state index in [0.717, 1.165) is 5.56 Å². The molecule has 0 spiro atoms. The average molecular weight is 344 g/mol. The molecule has 1 aromatic carbocycles. The Morgan fingerprint density at radius 3 is 2.80 bits per heavy atom. The minimum absolute atomic E-state index is 0.143. The fourth-order valence-corrected chi connectivity index (χ4v) is 2.69. The van der Waals surface area contributed by atoms with Crippen LogP contribution in [0.5, 0.6) is 0 Å². The van der Waals surface area contributed by atoms with Gasteiger partial charge in [-0.1, -0.05) is 42.4 Å². The minimum Gasteiger partial charge on any atom is -0.356 e. The van der Waals surface area contributed by atoms with Crippen molar-refractivity contribution in [2.75, 3.05) is 13.7 Å². The Hall–Kier alpha value is -2.74. The van der Waals surface area contributed by atoms with E-state index >= 15 is 0 Å². The third-order valence-electron chi connectivity index (χ3n) is 3.98. The smallest absolute Gasteiger partial charge is 0.254 e. The molecule has 1 aliphatic heterocycles. The van der Waals surface area contributed by atoms with Crippen molar-refractivity contribution < 1.29 is 18.8 Å². The molecule has 8 nitrogen and oxygen atoms in total. The van der Waals surface area contributed by atoms with E-state index in [9.17, 15) is 9.59 Å². The molecular weight excluding hydrogens is 324 g/mol. The number of ether oxygens (including phenoxy) is 1. The maximum Gasteiger partial charge on any atom is 0.254 e. The van der Waals surface area contributed by atoms with Crippen molar-refractivity contribution >= 4 is 11.8 Å². The van der Waals surface area contributed by atoms with Gasteiger partial charge in [0.15, 0.2) is 11.9 Å². The summed E-state index contributed by atoms with van der Waals surface area (Å²) in [6.07, 6.45) is -0.166. The number of nitrogens with zero attached hydrogens (tertiary/aromatic N) is 3. The van der Waals surface area contributed by atoms with Crippen LogP contribution in [0, 0.1) is 0 Å². The number of hydrogen-bond donors (Lipinski definition) is 1. The molecule has 0 unspecified atom stereocenters. The van der Waals surface area contributed by atoms with Crippen LogP contribution in [0.3, 0.4) is 0 Å². The average Bonchev–Trinajstić information content (AvgIpc) is 3.09. The second-order valence-electron chi connectivity index (χ2n) is 5.84. The van der Waals surface area contributed by atoms with Crippen LogP contribution in [0.15, 0.2) is 34.9 Å². The first-order valence-electron chi connectivity index (χ1n) is 8.11. The molecule has 1 fully saturated rings. The molecule has 1 aromatic heterocycles. The van der Waals surface area contributed by atoms with Gasteiger partial charge in [0.05, 0.1) is 12.6 Å². The number of morpholine rings is 1. The number of aryl methyl sites for hydroxylation is 1. The van der Waals surface area contributed by atoms with Crippen molar-refractivity contribution in [3.8, 4) is 0 Å². The van der Waals surface area contributed by atoms with Crippen molar-refractivity contribution in [2.24, 2.45) is 0 Å². The SMILES string of the molecule is CCc1nc(CN(C)C(=O)[C@H]2OCC(=O)N[C@@H]2c2ccccc2)no1. The molecule has 0 bridgehead atoms. The Labute approximate surface area is 145 Å². The van der Waals surface area contributed by atoms with Crippen LogP contribution in [0.2, 0.25) is 0 Å². The Kier molecular flexibility index (Phi) is 5.08. The maximum atomic E-state index is 12.8. The highest BCUT2D eigenvalue weighted by Gasteiger charge is 2.37. The van der Waals surface area contributed by atoms with Gasteiger partial charge >= 0.3 is 0 Å². The van der Waals surface area contributed by atoms with Crippen molar-refractivity contribution in [3.63, 3.8) is 0 Å². The van der Waals surface area contributed by atoms with Gasteiger partial charge in [0.1, 0.15) is 6.61 Å². The Balaban J connectivity index is 1.74. The van der Waals surface area contributed by atoms with Crippen LogP contribution < -0.4 is 5.32 Å². The summed E-state index contributed by atoms with van der Waals surface area (Å²) in [7, 11) is 1.64. The summed E-state index contributed by atoms with van der Waals surface area (Å²) < 4.78 is 10.6. The first-order chi connectivity index (χ1) is 12.1. The molecule has 0 radical (unpaired) electrons. The molecule has 3 rings (SSSR count). The molecule has 2 amide bonds. The quantitative estimate of drug-likeness (QED) is 0.863. The van der Waals surface area contributed by atoms with Crippen molar-refractivity contribution in [2.45, 2.75) is 32.0 Å². The molecule has 8 heteroatoms. The molecule has 2 heterocycles. The number of hydrogen-bond acceptors (Lipinski definition) is 6. The molecule has 1 aliphatic rings. The molecule has 1 saturated heterocycles. The lowest BCUT2D eigenvalue weighted by molar-refractivity contribution is -0.154. The third kappa shape index (κ3) is 3.85. The van der Waals surface area contributed by atoms with Crippen LogP contribution >= 0.6 is 0 Å². The van der Waals surface area contributed by atoms with Gasteiger partial charge in [-0.2, -0.15) is 4.98 Å². The molecule has 25 heavy (non-hydrogen) atoms. The van der Waals surface area contributed by atoms with Crippen LogP contribution in [-0.4, -0.2) is 46.6 Å². The lowest BCUT2D eigenvalue weighted by atomic mass is 9.99. The number of benzene rings is 1. The maximum absolute atomic E-state index is 12.8. The topological polar surface area (TPSA) is 97.6 Å². The van der Waals surface area contributed by atoms with Crippen LogP contribution in [0.4, 0.5) is 0 Å². The van der Waals surface area contributed by atoms with E-state index in [1.807, 2.05) is 37.3 Å². The monoisotopic (exact) mass is 344 g/mol. The van der Waals surface area contributed by atoms with E-state index < -0.39 is 12.1 Å². The van der Waals surface area contributed by atoms with E-state index in [0.29, 0.717) is 18.1 Å². The number of carbonyl (C=O) groups is 2. The summed E-state index contributed by atoms with van der Waals surface area (Å²) in [4.78, 5) is 30.2. The number of carbonyl (C=O) groups excluding carboxylic acids is 2. The summed E-state index contributed by atoms with van der Waals surface area (Å²) in [6, 6.07) is 8.76. The summed E-state index contributed by atoms with van der Waals surface area (Å²) in [5.41, 5.74) is 0.815. The van der Waals surface area contributed by atoms with Gasteiger partial charge < -0.3 is 19.5 Å². The van der Waals surface area contributed by atoms with Crippen LogP contribution in [0.1, 0.15) is 30.2 Å². The van der Waals surface area contributed by atoms with E-state index in [4.69, 9.17) is 9.26 Å². The van der Waals surface area contributed by atoms with Gasteiger partial charge in [-0.15, -0.1) is 0 Å². The summed E-state index contributed by atoms with van der Waals surface area (Å²) >= 11 is 0. The lowest BCUT2D eigenvalue weighted by Gasteiger charge is -2.33. The lowest BCUT2D eigenvalue weighted by Crippen LogP contribution is -2.52. The number of amides is 2. The fraction of sp³-hybridized carbons (Fsp3) is 0.412.